The van der Waals surface area contributed by atoms with Crippen LogP contribution in [0.4, 0.5) is 4.79 Å². The average molecular weight is 458 g/mol. The van der Waals surface area contributed by atoms with Gasteiger partial charge in [0.05, 0.1) is 5.52 Å². The van der Waals surface area contributed by atoms with Crippen molar-refractivity contribution in [2.75, 3.05) is 0 Å². The van der Waals surface area contributed by atoms with Crippen LogP contribution < -0.4 is 10.6 Å². The van der Waals surface area contributed by atoms with E-state index in [0.29, 0.717) is 18.5 Å². The molecule has 2 aromatic carbocycles. The molecule has 1 fully saturated rings. The summed E-state index contributed by atoms with van der Waals surface area (Å²) in [5.74, 6) is -1.01. The number of rotatable bonds is 5. The zero-order chi connectivity index (χ0) is 23.7. The molecule has 2 N–H and O–H groups in total. The zero-order valence-electron chi connectivity index (χ0n) is 18.2. The summed E-state index contributed by atoms with van der Waals surface area (Å²) < 4.78 is 5.29. The lowest BCUT2D eigenvalue weighted by Gasteiger charge is -2.29. The number of aromatic nitrogens is 1. The minimum Gasteiger partial charge on any atom is -0.445 e. The average Bonchev–Trinajstić information content (AvgIpc) is 3.17. The SMILES string of the molecule is O=C1CCC(N2Cc3ccc(CNC(=O)OCc4cnc5ccccc5c4)cc3C2=O)C(=O)N1. The summed E-state index contributed by atoms with van der Waals surface area (Å²) in [6.45, 7) is 0.594. The highest BCUT2D eigenvalue weighted by Crippen LogP contribution is 2.28. The van der Waals surface area contributed by atoms with Crippen LogP contribution in [0.1, 0.15) is 39.9 Å². The summed E-state index contributed by atoms with van der Waals surface area (Å²) in [5.41, 5.74) is 3.70. The molecule has 0 radical (unpaired) electrons. The van der Waals surface area contributed by atoms with E-state index in [1.165, 1.54) is 4.90 Å². The number of carbonyl (C=O) groups excluding carboxylic acids is 4. The van der Waals surface area contributed by atoms with Crippen molar-refractivity contribution in [2.45, 2.75) is 38.6 Å². The van der Waals surface area contributed by atoms with Gasteiger partial charge in [-0.1, -0.05) is 30.3 Å². The highest BCUT2D eigenvalue weighted by Gasteiger charge is 2.39. The van der Waals surface area contributed by atoms with Crippen molar-refractivity contribution < 1.29 is 23.9 Å². The molecular formula is C25H22N4O5. The van der Waals surface area contributed by atoms with Gasteiger partial charge in [-0.05, 0) is 35.7 Å². The van der Waals surface area contributed by atoms with Crippen LogP contribution in [0.15, 0.2) is 54.7 Å². The molecule has 0 aliphatic carbocycles. The predicted molar refractivity (Wildman–Crippen MR) is 121 cm³/mol. The van der Waals surface area contributed by atoms with Crippen molar-refractivity contribution >= 4 is 34.7 Å². The molecule has 2 aliphatic heterocycles. The maximum Gasteiger partial charge on any atom is 0.407 e. The quantitative estimate of drug-likeness (QED) is 0.567. The van der Waals surface area contributed by atoms with Crippen LogP contribution in [0.2, 0.25) is 0 Å². The first-order chi connectivity index (χ1) is 16.5. The first-order valence-electron chi connectivity index (χ1n) is 11.0. The van der Waals surface area contributed by atoms with Gasteiger partial charge in [0.1, 0.15) is 12.6 Å². The van der Waals surface area contributed by atoms with Crippen LogP contribution in [0, 0.1) is 0 Å². The van der Waals surface area contributed by atoms with Crippen molar-refractivity contribution in [1.29, 1.82) is 0 Å². The zero-order valence-corrected chi connectivity index (χ0v) is 18.2. The molecule has 9 nitrogen and oxygen atoms in total. The molecule has 3 heterocycles. The molecule has 3 aromatic rings. The van der Waals surface area contributed by atoms with Crippen molar-refractivity contribution in [3.63, 3.8) is 0 Å². The van der Waals surface area contributed by atoms with Crippen LogP contribution >= 0.6 is 0 Å². The Bertz CT molecular complexity index is 1320. The minimum absolute atomic E-state index is 0.0905. The molecule has 34 heavy (non-hydrogen) atoms. The Morgan fingerprint density at radius 2 is 1.97 bits per heavy atom. The van der Waals surface area contributed by atoms with Gasteiger partial charge in [0.15, 0.2) is 0 Å². The Hall–Kier alpha value is -4.27. The second-order valence-electron chi connectivity index (χ2n) is 8.36. The lowest BCUT2D eigenvalue weighted by atomic mass is 10.0. The van der Waals surface area contributed by atoms with Gasteiger partial charge in [0.2, 0.25) is 11.8 Å². The molecule has 9 heteroatoms. The Labute approximate surface area is 195 Å². The topological polar surface area (TPSA) is 118 Å². The van der Waals surface area contributed by atoms with Gasteiger partial charge in [-0.25, -0.2) is 4.79 Å². The predicted octanol–water partition coefficient (Wildman–Crippen LogP) is 2.42. The smallest absolute Gasteiger partial charge is 0.407 e. The van der Waals surface area contributed by atoms with Gasteiger partial charge in [-0.2, -0.15) is 0 Å². The van der Waals surface area contributed by atoms with Crippen LogP contribution in [0.25, 0.3) is 10.9 Å². The number of hydrogen-bond donors (Lipinski definition) is 2. The van der Waals surface area contributed by atoms with Crippen LogP contribution in [0.5, 0.6) is 0 Å². The van der Waals surface area contributed by atoms with E-state index in [4.69, 9.17) is 4.74 Å². The van der Waals surface area contributed by atoms with E-state index in [-0.39, 0.29) is 31.4 Å². The molecule has 1 atom stereocenters. The van der Waals surface area contributed by atoms with E-state index in [0.717, 1.165) is 27.6 Å². The molecule has 2 aliphatic rings. The number of ether oxygens (including phenoxy) is 1. The van der Waals surface area contributed by atoms with Crippen molar-refractivity contribution in [3.8, 4) is 0 Å². The number of para-hydroxylation sites is 1. The number of pyridine rings is 1. The monoisotopic (exact) mass is 458 g/mol. The number of fused-ring (bicyclic) bond motifs is 2. The molecule has 1 aromatic heterocycles. The van der Waals surface area contributed by atoms with E-state index in [1.54, 1.807) is 12.3 Å². The van der Waals surface area contributed by atoms with Crippen LogP contribution in [-0.4, -0.2) is 39.7 Å². The summed E-state index contributed by atoms with van der Waals surface area (Å²) in [5, 5.41) is 5.95. The molecule has 172 valence electrons. The molecule has 0 saturated carbocycles. The molecule has 1 saturated heterocycles. The standard InChI is InChI=1S/C25H22N4O5/c30-22-8-7-21(23(31)28-22)29-13-18-6-5-15(10-19(18)24(29)32)11-27-25(33)34-14-16-9-17-3-1-2-4-20(17)26-12-16/h1-6,9-10,12,21H,7-8,11,13-14H2,(H,27,33)(H,28,30,31). The summed E-state index contributed by atoms with van der Waals surface area (Å²) in [6.07, 6.45) is 1.63. The number of nitrogens with zero attached hydrogens (tertiary/aromatic N) is 2. The second kappa shape index (κ2) is 8.93. The summed E-state index contributed by atoms with van der Waals surface area (Å²) in [6, 6.07) is 14.3. The highest BCUT2D eigenvalue weighted by molar-refractivity contribution is 6.05. The third-order valence-corrected chi connectivity index (χ3v) is 6.05. The largest absolute Gasteiger partial charge is 0.445 e. The van der Waals surface area contributed by atoms with Gasteiger partial charge in [0, 0.05) is 42.2 Å². The maximum absolute atomic E-state index is 12.9. The van der Waals surface area contributed by atoms with Crippen LogP contribution in [-0.2, 0) is 34.0 Å². The Morgan fingerprint density at radius 1 is 1.12 bits per heavy atom. The fourth-order valence-corrected chi connectivity index (χ4v) is 4.28. The molecule has 5 rings (SSSR count). The van der Waals surface area contributed by atoms with Gasteiger partial charge in [-0.15, -0.1) is 0 Å². The summed E-state index contributed by atoms with van der Waals surface area (Å²) >= 11 is 0. The lowest BCUT2D eigenvalue weighted by molar-refractivity contribution is -0.136. The van der Waals surface area contributed by atoms with E-state index >= 15 is 0 Å². The number of alkyl carbamates (subject to hydrolysis) is 1. The van der Waals surface area contributed by atoms with E-state index in [2.05, 4.69) is 15.6 Å². The third kappa shape index (κ3) is 4.32. The first kappa shape index (κ1) is 21.6. The van der Waals surface area contributed by atoms with Crippen LogP contribution in [0.3, 0.4) is 0 Å². The fraction of sp³-hybridized carbons (Fsp3) is 0.240. The highest BCUT2D eigenvalue weighted by atomic mass is 16.5. The van der Waals surface area contributed by atoms with Gasteiger partial charge < -0.3 is 15.0 Å². The van der Waals surface area contributed by atoms with Gasteiger partial charge in [-0.3, -0.25) is 24.7 Å². The van der Waals surface area contributed by atoms with E-state index < -0.39 is 18.0 Å². The van der Waals surface area contributed by atoms with E-state index in [9.17, 15) is 19.2 Å². The molecule has 0 bridgehead atoms. The number of nitrogens with one attached hydrogen (secondary N) is 2. The van der Waals surface area contributed by atoms with Gasteiger partial charge in [0.25, 0.3) is 5.91 Å². The molecule has 1 unspecified atom stereocenters. The number of amides is 4. The maximum atomic E-state index is 12.9. The van der Waals surface area contributed by atoms with Crippen molar-refractivity contribution in [1.82, 2.24) is 20.5 Å². The lowest BCUT2D eigenvalue weighted by Crippen LogP contribution is -2.52. The van der Waals surface area contributed by atoms with Crippen molar-refractivity contribution in [3.05, 3.63) is 77.0 Å². The first-order valence-corrected chi connectivity index (χ1v) is 11.0. The normalized spacial score (nSPS) is 17.5. The van der Waals surface area contributed by atoms with Gasteiger partial charge >= 0.3 is 6.09 Å². The number of imide groups is 1. The van der Waals surface area contributed by atoms with E-state index in [1.807, 2.05) is 42.5 Å². The number of carbonyl (C=O) groups is 4. The Morgan fingerprint density at radius 3 is 2.82 bits per heavy atom. The number of piperidine rings is 1. The molecule has 0 spiro atoms. The van der Waals surface area contributed by atoms with Crippen molar-refractivity contribution in [2.24, 2.45) is 0 Å². The fourth-order valence-electron chi connectivity index (χ4n) is 4.28. The molecule has 4 amide bonds. The summed E-state index contributed by atoms with van der Waals surface area (Å²) in [7, 11) is 0. The molecular weight excluding hydrogens is 436 g/mol. The second-order valence-corrected chi connectivity index (χ2v) is 8.36. The number of benzene rings is 2. The summed E-state index contributed by atoms with van der Waals surface area (Å²) in [4.78, 5) is 54.5. The number of hydrogen-bond acceptors (Lipinski definition) is 6. The Kier molecular flexibility index (Phi) is 5.67. The Balaban J connectivity index is 1.17. The minimum atomic E-state index is -0.654. The third-order valence-electron chi connectivity index (χ3n) is 6.05.